The van der Waals surface area contributed by atoms with E-state index in [0.717, 1.165) is 81.6 Å². The molecule has 5 heteroatoms. The number of fused-ring (bicyclic) bond motifs is 6. The summed E-state index contributed by atoms with van der Waals surface area (Å²) >= 11 is 0. The van der Waals surface area contributed by atoms with Crippen LogP contribution in [0.3, 0.4) is 0 Å². The van der Waals surface area contributed by atoms with E-state index in [9.17, 15) is 0 Å². The molecule has 2 aromatic heterocycles. The van der Waals surface area contributed by atoms with Crippen LogP contribution in [0.5, 0.6) is 5.75 Å². The van der Waals surface area contributed by atoms with Crippen molar-refractivity contribution in [3.05, 3.63) is 167 Å². The monoisotopic (exact) mass is 647 g/mol. The van der Waals surface area contributed by atoms with Gasteiger partial charge in [0, 0.05) is 38.8 Å². The fourth-order valence-corrected chi connectivity index (χ4v) is 7.83. The molecule has 6 aromatic rings. The Morgan fingerprint density at radius 2 is 1.34 bits per heavy atom. The molecule has 0 bridgehead atoms. The molecule has 1 aliphatic heterocycles. The molecule has 5 nitrogen and oxygen atoms in total. The summed E-state index contributed by atoms with van der Waals surface area (Å²) in [7, 11) is 0. The molecule has 3 aliphatic carbocycles. The van der Waals surface area contributed by atoms with Gasteiger partial charge in [0.05, 0.1) is 5.92 Å². The topological polar surface area (TPSA) is 61.0 Å². The van der Waals surface area contributed by atoms with Crippen LogP contribution in [0.15, 0.2) is 138 Å². The summed E-state index contributed by atoms with van der Waals surface area (Å²) in [5.74, 6) is 3.66. The van der Waals surface area contributed by atoms with E-state index in [4.69, 9.17) is 24.1 Å². The maximum atomic E-state index is 6.78. The first-order chi connectivity index (χ1) is 24.8. The summed E-state index contributed by atoms with van der Waals surface area (Å²) in [6.07, 6.45) is 19.2. The zero-order chi connectivity index (χ0) is 33.0. The lowest BCUT2D eigenvalue weighted by molar-refractivity contribution is 0.281. The molecule has 10 rings (SSSR count). The van der Waals surface area contributed by atoms with Crippen molar-refractivity contribution in [1.82, 2.24) is 15.0 Å². The molecule has 0 N–H and O–H groups in total. The molecule has 50 heavy (non-hydrogen) atoms. The summed E-state index contributed by atoms with van der Waals surface area (Å²) in [6.45, 7) is 0. The van der Waals surface area contributed by atoms with Gasteiger partial charge < -0.3 is 9.15 Å². The van der Waals surface area contributed by atoms with E-state index >= 15 is 0 Å². The lowest BCUT2D eigenvalue weighted by Crippen LogP contribution is -2.25. The number of hydrogen-bond acceptors (Lipinski definition) is 5. The molecule has 0 radical (unpaired) electrons. The van der Waals surface area contributed by atoms with Crippen LogP contribution >= 0.6 is 0 Å². The SMILES string of the molecule is C1=CCCC(c2ccc(C3=CC=C(c4nc(-c5ccccc5)nc(-c5ccc6c7c(oc6c5)C=CCC7)n4)C4c5ccccc5OC34)cc2)=C1. The van der Waals surface area contributed by atoms with Crippen LogP contribution in [0.2, 0.25) is 0 Å². The zero-order valence-corrected chi connectivity index (χ0v) is 27.4. The number of allylic oxidation sites excluding steroid dienone is 7. The second-order valence-corrected chi connectivity index (χ2v) is 13.3. The van der Waals surface area contributed by atoms with E-state index in [-0.39, 0.29) is 12.0 Å². The van der Waals surface area contributed by atoms with Gasteiger partial charge in [0.15, 0.2) is 17.5 Å². The lowest BCUT2D eigenvalue weighted by Gasteiger charge is -2.27. The predicted molar refractivity (Wildman–Crippen MR) is 200 cm³/mol. The standard InChI is InChI=1S/C45H33N3O2/c1-3-11-28(12-4-1)29-19-21-30(22-20-29)33-25-26-37(41-36-16-8-10-18-39(36)50-42(33)41)45-47-43(31-13-5-2-6-14-31)46-44(48-45)32-23-24-35-34-15-7-9-17-38(34)49-40(35)27-32/h1-3,5-6,8-11,13-14,16-27,41-42H,4,7,12,15H2. The van der Waals surface area contributed by atoms with Crippen molar-refractivity contribution in [3.63, 3.8) is 0 Å². The second kappa shape index (κ2) is 11.8. The van der Waals surface area contributed by atoms with Crippen molar-refractivity contribution >= 4 is 33.8 Å². The van der Waals surface area contributed by atoms with Gasteiger partial charge in [0.25, 0.3) is 0 Å². The minimum Gasteiger partial charge on any atom is -0.484 e. The molecule has 4 aromatic carbocycles. The van der Waals surface area contributed by atoms with Crippen molar-refractivity contribution in [2.75, 3.05) is 0 Å². The molecule has 0 amide bonds. The first-order valence-corrected chi connectivity index (χ1v) is 17.4. The van der Waals surface area contributed by atoms with E-state index in [1.807, 2.05) is 36.4 Å². The fourth-order valence-electron chi connectivity index (χ4n) is 7.83. The predicted octanol–water partition coefficient (Wildman–Crippen LogP) is 10.7. The Balaban J connectivity index is 1.11. The Hall–Kier alpha value is -6.07. The maximum Gasteiger partial charge on any atom is 0.164 e. The van der Waals surface area contributed by atoms with Gasteiger partial charge in [-0.25, -0.2) is 15.0 Å². The Morgan fingerprint density at radius 3 is 2.20 bits per heavy atom. The van der Waals surface area contributed by atoms with Crippen LogP contribution in [0.1, 0.15) is 59.0 Å². The van der Waals surface area contributed by atoms with Crippen molar-refractivity contribution < 1.29 is 9.15 Å². The zero-order valence-electron chi connectivity index (χ0n) is 27.4. The summed E-state index contributed by atoms with van der Waals surface area (Å²) in [5.41, 5.74) is 11.1. The molecule has 2 unspecified atom stereocenters. The highest BCUT2D eigenvalue weighted by Crippen LogP contribution is 2.51. The molecule has 0 saturated carbocycles. The molecule has 0 spiro atoms. The van der Waals surface area contributed by atoms with E-state index < -0.39 is 0 Å². The first-order valence-electron chi connectivity index (χ1n) is 17.4. The molecule has 240 valence electrons. The van der Waals surface area contributed by atoms with Gasteiger partial charge >= 0.3 is 0 Å². The number of para-hydroxylation sites is 1. The van der Waals surface area contributed by atoms with Gasteiger partial charge in [0.1, 0.15) is 23.2 Å². The molecular formula is C45H33N3O2. The Kier molecular flexibility index (Phi) is 6.83. The third-order valence-corrected chi connectivity index (χ3v) is 10.3. The molecular weight excluding hydrogens is 615 g/mol. The number of aryl methyl sites for hydroxylation is 1. The Morgan fingerprint density at radius 1 is 0.600 bits per heavy atom. The number of ether oxygens (including phenoxy) is 1. The van der Waals surface area contributed by atoms with Crippen molar-refractivity contribution in [1.29, 1.82) is 0 Å². The summed E-state index contributed by atoms with van der Waals surface area (Å²) in [4.78, 5) is 15.4. The van der Waals surface area contributed by atoms with Crippen LogP contribution in [0.25, 0.3) is 56.5 Å². The van der Waals surface area contributed by atoms with E-state index in [2.05, 4.69) is 103 Å². The highest BCUT2D eigenvalue weighted by atomic mass is 16.5. The maximum absolute atomic E-state index is 6.78. The third-order valence-electron chi connectivity index (χ3n) is 10.3. The smallest absolute Gasteiger partial charge is 0.164 e. The molecule has 0 fully saturated rings. The number of hydrogen-bond donors (Lipinski definition) is 0. The van der Waals surface area contributed by atoms with E-state index in [0.29, 0.717) is 17.5 Å². The second-order valence-electron chi connectivity index (χ2n) is 13.3. The van der Waals surface area contributed by atoms with Gasteiger partial charge in [0.2, 0.25) is 0 Å². The van der Waals surface area contributed by atoms with E-state index in [1.54, 1.807) is 0 Å². The van der Waals surface area contributed by atoms with Crippen molar-refractivity contribution in [2.24, 2.45) is 0 Å². The van der Waals surface area contributed by atoms with Crippen LogP contribution in [-0.2, 0) is 6.42 Å². The Labute approximate surface area is 290 Å². The van der Waals surface area contributed by atoms with Crippen LogP contribution < -0.4 is 4.74 Å². The number of nitrogens with zero attached hydrogens (tertiary/aromatic N) is 3. The molecule has 2 atom stereocenters. The quantitative estimate of drug-likeness (QED) is 0.186. The van der Waals surface area contributed by atoms with E-state index in [1.165, 1.54) is 16.7 Å². The van der Waals surface area contributed by atoms with Crippen molar-refractivity contribution in [2.45, 2.75) is 37.7 Å². The minimum absolute atomic E-state index is 0.0815. The lowest BCUT2D eigenvalue weighted by atomic mass is 9.78. The normalized spacial score (nSPS) is 18.8. The van der Waals surface area contributed by atoms with Gasteiger partial charge in [-0.3, -0.25) is 0 Å². The number of aromatic nitrogens is 3. The highest BCUT2D eigenvalue weighted by Gasteiger charge is 2.42. The number of furan rings is 1. The number of rotatable bonds is 5. The van der Waals surface area contributed by atoms with Gasteiger partial charge in [-0.05, 0) is 60.6 Å². The summed E-state index contributed by atoms with van der Waals surface area (Å²) in [5, 5.41) is 1.15. The average Bonchev–Trinajstić information content (AvgIpc) is 3.77. The Bertz CT molecular complexity index is 2460. The van der Waals surface area contributed by atoms with Crippen LogP contribution in [0.4, 0.5) is 0 Å². The van der Waals surface area contributed by atoms with Crippen LogP contribution in [-0.4, -0.2) is 21.1 Å². The molecule has 4 aliphatic rings. The summed E-state index contributed by atoms with van der Waals surface area (Å²) in [6, 6.07) is 33.8. The van der Waals surface area contributed by atoms with Crippen LogP contribution in [0, 0.1) is 0 Å². The van der Waals surface area contributed by atoms with Gasteiger partial charge in [-0.15, -0.1) is 0 Å². The summed E-state index contributed by atoms with van der Waals surface area (Å²) < 4.78 is 13.1. The largest absolute Gasteiger partial charge is 0.484 e. The van der Waals surface area contributed by atoms with Crippen molar-refractivity contribution in [3.8, 4) is 28.5 Å². The average molecular weight is 648 g/mol. The highest BCUT2D eigenvalue weighted by molar-refractivity contribution is 5.89. The third kappa shape index (κ3) is 4.88. The fraction of sp³-hybridized carbons (Fsp3) is 0.133. The number of benzene rings is 4. The minimum atomic E-state index is -0.214. The molecule has 3 heterocycles. The first kappa shape index (κ1) is 28.9. The van der Waals surface area contributed by atoms with Gasteiger partial charge in [-0.2, -0.15) is 0 Å². The van der Waals surface area contributed by atoms with Gasteiger partial charge in [-0.1, -0.05) is 121 Å². The molecule has 0 saturated heterocycles.